The summed E-state index contributed by atoms with van der Waals surface area (Å²) >= 11 is 1.65. The molecule has 7 nitrogen and oxygen atoms in total. The molecule has 3 heterocycles. The van der Waals surface area contributed by atoms with E-state index in [0.717, 1.165) is 70.2 Å². The van der Waals surface area contributed by atoms with Gasteiger partial charge >= 0.3 is 5.97 Å². The van der Waals surface area contributed by atoms with E-state index in [4.69, 9.17) is 14.7 Å². The zero-order valence-corrected chi connectivity index (χ0v) is 24.6. The number of nitrogens with zero attached hydrogens (tertiary/aromatic N) is 4. The highest BCUT2D eigenvalue weighted by atomic mass is 32.1. The highest BCUT2D eigenvalue weighted by Crippen LogP contribution is 2.39. The van der Waals surface area contributed by atoms with Crippen LogP contribution in [0.4, 0.5) is 5.69 Å². The van der Waals surface area contributed by atoms with E-state index in [9.17, 15) is 9.90 Å². The first-order valence-corrected chi connectivity index (χ1v) is 16.0. The molecule has 1 saturated heterocycles. The van der Waals surface area contributed by atoms with E-state index in [1.54, 1.807) is 11.3 Å². The lowest BCUT2D eigenvalue weighted by Gasteiger charge is -2.29. The van der Waals surface area contributed by atoms with Gasteiger partial charge in [0.1, 0.15) is 23.2 Å². The normalized spacial score (nSPS) is 19.4. The molecule has 216 valence electrons. The van der Waals surface area contributed by atoms with Crippen LogP contribution in [0.2, 0.25) is 0 Å². The lowest BCUT2D eigenvalue weighted by atomic mass is 9.78. The van der Waals surface area contributed by atoms with Gasteiger partial charge in [0, 0.05) is 37.3 Å². The number of rotatable bonds is 8. The Morgan fingerprint density at radius 3 is 2.52 bits per heavy atom. The minimum Gasteiger partial charge on any atom is -0.486 e. The molecular formula is C34H36N4O3S. The molecular weight excluding hydrogens is 544 g/mol. The Hall–Kier alpha value is -3.91. The van der Waals surface area contributed by atoms with Crippen LogP contribution in [0.25, 0.3) is 21.3 Å². The number of fused-ring (bicyclic) bond motifs is 2. The summed E-state index contributed by atoms with van der Waals surface area (Å²) in [5.41, 5.74) is 5.31. The fourth-order valence-electron chi connectivity index (χ4n) is 6.68. The molecule has 0 amide bonds. The molecule has 8 heteroatoms. The Kier molecular flexibility index (Phi) is 7.55. The number of benzene rings is 3. The number of ether oxygens (including phenoxy) is 1. The SMILES string of the molecule is O=C(O)C1CCCCC1c1nc2cc(OCc3nc4ccccc4s3)ccc2n1Cc1ccc(N2CCCCC2)cc1. The van der Waals surface area contributed by atoms with Gasteiger partial charge in [0.2, 0.25) is 0 Å². The first-order chi connectivity index (χ1) is 20.6. The van der Waals surface area contributed by atoms with Crippen molar-refractivity contribution in [2.45, 2.75) is 64.0 Å². The van der Waals surface area contributed by atoms with Gasteiger partial charge in [-0.3, -0.25) is 4.79 Å². The van der Waals surface area contributed by atoms with Gasteiger partial charge in [-0.05, 0) is 74.1 Å². The summed E-state index contributed by atoms with van der Waals surface area (Å²) in [4.78, 5) is 24.6. The third-order valence-electron chi connectivity index (χ3n) is 8.86. The van der Waals surface area contributed by atoms with Crippen LogP contribution in [0.1, 0.15) is 67.3 Å². The minimum absolute atomic E-state index is 0.108. The summed E-state index contributed by atoms with van der Waals surface area (Å²) in [6, 6.07) is 23.1. The molecule has 2 aliphatic rings. The van der Waals surface area contributed by atoms with E-state index < -0.39 is 11.9 Å². The van der Waals surface area contributed by atoms with Gasteiger partial charge in [0.05, 0.1) is 27.2 Å². The fraction of sp³-hybridized carbons (Fsp3) is 0.382. The van der Waals surface area contributed by atoms with E-state index in [2.05, 4.69) is 45.9 Å². The van der Waals surface area contributed by atoms with Gasteiger partial charge in [0.25, 0.3) is 0 Å². The molecule has 1 aliphatic carbocycles. The van der Waals surface area contributed by atoms with Gasteiger partial charge in [-0.25, -0.2) is 9.97 Å². The van der Waals surface area contributed by atoms with Crippen molar-refractivity contribution in [3.63, 3.8) is 0 Å². The van der Waals surface area contributed by atoms with Crippen molar-refractivity contribution in [3.8, 4) is 5.75 Å². The van der Waals surface area contributed by atoms with Crippen LogP contribution in [0.15, 0.2) is 66.7 Å². The maximum atomic E-state index is 12.3. The smallest absolute Gasteiger partial charge is 0.307 e. The van der Waals surface area contributed by atoms with Crippen LogP contribution in [0, 0.1) is 5.92 Å². The quantitative estimate of drug-likeness (QED) is 0.203. The van der Waals surface area contributed by atoms with E-state index in [-0.39, 0.29) is 5.92 Å². The minimum atomic E-state index is -0.718. The number of thiazole rings is 1. The number of aromatic nitrogens is 3. The second-order valence-electron chi connectivity index (χ2n) is 11.6. The summed E-state index contributed by atoms with van der Waals surface area (Å²) in [6.45, 7) is 3.29. The average Bonchev–Trinajstić information content (AvgIpc) is 3.61. The second kappa shape index (κ2) is 11.8. The fourth-order valence-corrected chi connectivity index (χ4v) is 7.56. The van der Waals surface area contributed by atoms with E-state index in [1.807, 2.05) is 30.3 Å². The van der Waals surface area contributed by atoms with Gasteiger partial charge in [-0.1, -0.05) is 37.1 Å². The number of hydrogen-bond acceptors (Lipinski definition) is 6. The lowest BCUT2D eigenvalue weighted by Crippen LogP contribution is -2.29. The number of carboxylic acids is 1. The Bertz CT molecular complexity index is 1670. The number of para-hydroxylation sites is 1. The van der Waals surface area contributed by atoms with Crippen molar-refractivity contribution in [3.05, 3.63) is 83.1 Å². The van der Waals surface area contributed by atoms with E-state index >= 15 is 0 Å². The largest absolute Gasteiger partial charge is 0.486 e. The Labute approximate surface area is 249 Å². The molecule has 1 saturated carbocycles. The monoisotopic (exact) mass is 580 g/mol. The first kappa shape index (κ1) is 27.0. The lowest BCUT2D eigenvalue weighted by molar-refractivity contribution is -0.143. The van der Waals surface area contributed by atoms with Crippen LogP contribution in [-0.2, 0) is 17.9 Å². The number of anilines is 1. The molecule has 5 aromatic rings. The maximum Gasteiger partial charge on any atom is 0.307 e. The van der Waals surface area contributed by atoms with Gasteiger partial charge in [0.15, 0.2) is 0 Å². The summed E-state index contributed by atoms with van der Waals surface area (Å²) in [5, 5.41) is 11.0. The summed E-state index contributed by atoms with van der Waals surface area (Å²) in [5.74, 6) is 0.376. The van der Waals surface area contributed by atoms with Crippen LogP contribution in [0.3, 0.4) is 0 Å². The number of carboxylic acid groups (broad SMARTS) is 1. The first-order valence-electron chi connectivity index (χ1n) is 15.2. The molecule has 42 heavy (non-hydrogen) atoms. The van der Waals surface area contributed by atoms with Gasteiger partial charge in [-0.15, -0.1) is 11.3 Å². The maximum absolute atomic E-state index is 12.3. The zero-order chi connectivity index (χ0) is 28.5. The molecule has 3 aromatic carbocycles. The Morgan fingerprint density at radius 2 is 1.71 bits per heavy atom. The van der Waals surface area contributed by atoms with Crippen molar-refractivity contribution in [2.24, 2.45) is 5.92 Å². The zero-order valence-electron chi connectivity index (χ0n) is 23.7. The highest BCUT2D eigenvalue weighted by molar-refractivity contribution is 7.18. The predicted octanol–water partition coefficient (Wildman–Crippen LogP) is 7.62. The molecule has 2 atom stereocenters. The second-order valence-corrected chi connectivity index (χ2v) is 12.7. The number of imidazole rings is 1. The van der Waals surface area contributed by atoms with Gasteiger partial charge < -0.3 is 19.3 Å². The van der Waals surface area contributed by atoms with Crippen LogP contribution >= 0.6 is 11.3 Å². The molecule has 0 radical (unpaired) electrons. The Balaban J connectivity index is 1.19. The van der Waals surface area contributed by atoms with Crippen molar-refractivity contribution >= 4 is 44.2 Å². The topological polar surface area (TPSA) is 80.5 Å². The van der Waals surface area contributed by atoms with Crippen molar-refractivity contribution in [2.75, 3.05) is 18.0 Å². The Morgan fingerprint density at radius 1 is 0.905 bits per heavy atom. The highest BCUT2D eigenvalue weighted by Gasteiger charge is 2.35. The summed E-state index contributed by atoms with van der Waals surface area (Å²) in [6.07, 6.45) is 7.35. The molecule has 2 fully saturated rings. The van der Waals surface area contributed by atoms with Crippen LogP contribution < -0.4 is 9.64 Å². The van der Waals surface area contributed by atoms with Crippen molar-refractivity contribution < 1.29 is 14.6 Å². The number of carbonyl (C=O) groups is 1. The number of aliphatic carboxylic acids is 1. The molecule has 7 rings (SSSR count). The molecule has 1 N–H and O–H groups in total. The average molecular weight is 581 g/mol. The molecule has 2 unspecified atom stereocenters. The van der Waals surface area contributed by atoms with Crippen LogP contribution in [-0.4, -0.2) is 38.7 Å². The predicted molar refractivity (Wildman–Crippen MR) is 168 cm³/mol. The standard InChI is InChI=1S/C34H36N4O3S/c39-34(40)27-9-3-2-8-26(27)33-36-29-20-25(41-22-32-35-28-10-4-5-11-31(28)42-32)16-17-30(29)38(33)21-23-12-14-24(15-13-23)37-18-6-1-7-19-37/h4-5,10-17,20,26-27H,1-3,6-9,18-19,21-22H2,(H,39,40). The van der Waals surface area contributed by atoms with E-state index in [1.165, 1.54) is 30.5 Å². The molecule has 1 aliphatic heterocycles. The van der Waals surface area contributed by atoms with Gasteiger partial charge in [-0.2, -0.15) is 0 Å². The van der Waals surface area contributed by atoms with Crippen LogP contribution in [0.5, 0.6) is 5.75 Å². The summed E-state index contributed by atoms with van der Waals surface area (Å²) < 4.78 is 9.57. The van der Waals surface area contributed by atoms with Crippen molar-refractivity contribution in [1.29, 1.82) is 0 Å². The third-order valence-corrected chi connectivity index (χ3v) is 9.87. The summed E-state index contributed by atoms with van der Waals surface area (Å²) in [7, 11) is 0. The molecule has 0 spiro atoms. The number of hydrogen-bond donors (Lipinski definition) is 1. The molecule has 2 aromatic heterocycles. The van der Waals surface area contributed by atoms with E-state index in [0.29, 0.717) is 19.6 Å². The third kappa shape index (κ3) is 5.48. The number of piperidine rings is 1. The van der Waals surface area contributed by atoms with Crippen molar-refractivity contribution in [1.82, 2.24) is 14.5 Å². The molecule has 0 bridgehead atoms.